The summed E-state index contributed by atoms with van der Waals surface area (Å²) < 4.78 is 13.7. The van der Waals surface area contributed by atoms with Gasteiger partial charge in [-0.3, -0.25) is 4.90 Å². The first-order valence-electron chi connectivity index (χ1n) is 6.35. The molecule has 1 aliphatic rings. The van der Waals surface area contributed by atoms with Gasteiger partial charge in [0.15, 0.2) is 0 Å². The van der Waals surface area contributed by atoms with Crippen LogP contribution in [0.3, 0.4) is 0 Å². The molecule has 0 radical (unpaired) electrons. The summed E-state index contributed by atoms with van der Waals surface area (Å²) in [4.78, 5) is 2.48. The number of hydrogen-bond acceptors (Lipinski definition) is 1. The Balaban J connectivity index is 1.97. The first-order valence-corrected chi connectivity index (χ1v) is 7.14. The molecule has 0 heterocycles. The highest BCUT2D eigenvalue weighted by Crippen LogP contribution is 2.30. The second-order valence-corrected chi connectivity index (χ2v) is 5.78. The predicted octanol–water partition coefficient (Wildman–Crippen LogP) is 4.21. The summed E-state index contributed by atoms with van der Waals surface area (Å²) in [7, 11) is 0. The summed E-state index contributed by atoms with van der Waals surface area (Å²) in [6.07, 6.45) is 3.94. The van der Waals surface area contributed by atoms with Crippen LogP contribution in [0, 0.1) is 11.7 Å². The van der Waals surface area contributed by atoms with E-state index in [0.29, 0.717) is 4.47 Å². The number of hydrogen-bond donors (Lipinski definition) is 0. The van der Waals surface area contributed by atoms with Crippen molar-refractivity contribution in [3.63, 3.8) is 0 Å². The fourth-order valence-corrected chi connectivity index (χ4v) is 2.54. The number of nitrogens with zero attached hydrogens (tertiary/aromatic N) is 1. The fraction of sp³-hybridized carbons (Fsp3) is 0.571. The van der Waals surface area contributed by atoms with Crippen molar-refractivity contribution in [1.82, 2.24) is 4.90 Å². The van der Waals surface area contributed by atoms with Gasteiger partial charge in [-0.15, -0.1) is 0 Å². The van der Waals surface area contributed by atoms with Gasteiger partial charge in [-0.1, -0.05) is 13.0 Å². The van der Waals surface area contributed by atoms with Gasteiger partial charge in [0.2, 0.25) is 0 Å². The molecule has 1 saturated carbocycles. The van der Waals surface area contributed by atoms with Crippen molar-refractivity contribution in [1.29, 1.82) is 0 Å². The molecule has 17 heavy (non-hydrogen) atoms. The normalized spacial score (nSPS) is 15.5. The topological polar surface area (TPSA) is 3.24 Å². The number of halogens is 2. The van der Waals surface area contributed by atoms with Crippen LogP contribution >= 0.6 is 15.9 Å². The van der Waals surface area contributed by atoms with Crippen LogP contribution in [0.2, 0.25) is 0 Å². The lowest BCUT2D eigenvalue weighted by atomic mass is 10.2. The first kappa shape index (κ1) is 13.0. The van der Waals surface area contributed by atoms with Crippen molar-refractivity contribution >= 4 is 15.9 Å². The zero-order valence-corrected chi connectivity index (χ0v) is 11.8. The Morgan fingerprint density at radius 1 is 1.41 bits per heavy atom. The van der Waals surface area contributed by atoms with Crippen molar-refractivity contribution in [3.05, 3.63) is 34.1 Å². The van der Waals surface area contributed by atoms with Crippen LogP contribution in [0.15, 0.2) is 22.7 Å². The third kappa shape index (κ3) is 4.07. The fourth-order valence-electron chi connectivity index (χ4n) is 2.11. The molecule has 0 aliphatic heterocycles. The quantitative estimate of drug-likeness (QED) is 0.760. The van der Waals surface area contributed by atoms with E-state index < -0.39 is 0 Å². The van der Waals surface area contributed by atoms with Gasteiger partial charge in [-0.2, -0.15) is 0 Å². The molecule has 2 rings (SSSR count). The summed E-state index contributed by atoms with van der Waals surface area (Å²) in [5, 5.41) is 0. The Bertz CT molecular complexity index is 376. The molecule has 0 N–H and O–H groups in total. The van der Waals surface area contributed by atoms with Gasteiger partial charge in [0.1, 0.15) is 5.82 Å². The zero-order chi connectivity index (χ0) is 12.3. The van der Waals surface area contributed by atoms with E-state index in [9.17, 15) is 4.39 Å². The minimum atomic E-state index is -0.182. The van der Waals surface area contributed by atoms with Crippen LogP contribution in [0.5, 0.6) is 0 Å². The van der Waals surface area contributed by atoms with Gasteiger partial charge in [0.25, 0.3) is 0 Å². The Morgan fingerprint density at radius 2 is 2.18 bits per heavy atom. The lowest BCUT2D eigenvalue weighted by Crippen LogP contribution is -2.26. The van der Waals surface area contributed by atoms with E-state index in [0.717, 1.165) is 19.0 Å². The molecule has 1 nitrogen and oxygen atoms in total. The summed E-state index contributed by atoms with van der Waals surface area (Å²) in [6.45, 7) is 5.47. The molecule has 1 aromatic carbocycles. The molecule has 1 aliphatic carbocycles. The van der Waals surface area contributed by atoms with Gasteiger partial charge >= 0.3 is 0 Å². The van der Waals surface area contributed by atoms with Crippen LogP contribution in [0.4, 0.5) is 4.39 Å². The second kappa shape index (κ2) is 5.96. The van der Waals surface area contributed by atoms with Crippen molar-refractivity contribution in [2.24, 2.45) is 5.92 Å². The Labute approximate surface area is 111 Å². The van der Waals surface area contributed by atoms with Crippen molar-refractivity contribution in [3.8, 4) is 0 Å². The van der Waals surface area contributed by atoms with E-state index in [2.05, 4.69) is 27.8 Å². The molecule has 0 amide bonds. The molecule has 0 bridgehead atoms. The third-order valence-electron chi connectivity index (χ3n) is 3.14. The average Bonchev–Trinajstić information content (AvgIpc) is 3.08. The molecular formula is C14H19BrFN. The monoisotopic (exact) mass is 299 g/mol. The molecule has 0 aromatic heterocycles. The average molecular weight is 300 g/mol. The maximum Gasteiger partial charge on any atom is 0.137 e. The summed E-state index contributed by atoms with van der Waals surface area (Å²) in [5.41, 5.74) is 1.19. The maximum absolute atomic E-state index is 13.1. The van der Waals surface area contributed by atoms with Crippen molar-refractivity contribution < 1.29 is 4.39 Å². The molecule has 94 valence electrons. The lowest BCUT2D eigenvalue weighted by molar-refractivity contribution is 0.255. The van der Waals surface area contributed by atoms with Crippen LogP contribution in [0.1, 0.15) is 31.7 Å². The summed E-state index contributed by atoms with van der Waals surface area (Å²) >= 11 is 3.24. The highest BCUT2D eigenvalue weighted by molar-refractivity contribution is 9.10. The van der Waals surface area contributed by atoms with E-state index in [1.165, 1.54) is 31.4 Å². The van der Waals surface area contributed by atoms with Gasteiger partial charge < -0.3 is 0 Å². The van der Waals surface area contributed by atoms with Crippen LogP contribution < -0.4 is 0 Å². The summed E-state index contributed by atoms with van der Waals surface area (Å²) in [6, 6.07) is 5.32. The predicted molar refractivity (Wildman–Crippen MR) is 72.4 cm³/mol. The molecule has 1 aromatic rings. The van der Waals surface area contributed by atoms with Crippen molar-refractivity contribution in [2.75, 3.05) is 13.1 Å². The van der Waals surface area contributed by atoms with E-state index in [-0.39, 0.29) is 5.82 Å². The van der Waals surface area contributed by atoms with E-state index in [1.807, 2.05) is 12.1 Å². The molecule has 1 fully saturated rings. The SMILES string of the molecule is CCCN(Cc1ccc(F)c(Br)c1)CC1CC1. The molecule has 0 spiro atoms. The van der Waals surface area contributed by atoms with Crippen LogP contribution in [0.25, 0.3) is 0 Å². The number of rotatable bonds is 6. The molecule has 3 heteroatoms. The largest absolute Gasteiger partial charge is 0.299 e. The van der Waals surface area contributed by atoms with Gasteiger partial charge in [-0.05, 0) is 65.4 Å². The number of benzene rings is 1. The van der Waals surface area contributed by atoms with E-state index >= 15 is 0 Å². The van der Waals surface area contributed by atoms with Gasteiger partial charge in [0.05, 0.1) is 4.47 Å². The minimum absolute atomic E-state index is 0.182. The Hall–Kier alpha value is -0.410. The van der Waals surface area contributed by atoms with Crippen molar-refractivity contribution in [2.45, 2.75) is 32.7 Å². The Kier molecular flexibility index (Phi) is 4.57. The van der Waals surface area contributed by atoms with E-state index in [4.69, 9.17) is 0 Å². The highest BCUT2D eigenvalue weighted by atomic mass is 79.9. The smallest absolute Gasteiger partial charge is 0.137 e. The third-order valence-corrected chi connectivity index (χ3v) is 3.75. The molecule has 0 atom stereocenters. The first-order chi connectivity index (χ1) is 8.19. The molecular weight excluding hydrogens is 281 g/mol. The molecule has 0 unspecified atom stereocenters. The van der Waals surface area contributed by atoms with Crippen LogP contribution in [-0.2, 0) is 6.54 Å². The lowest BCUT2D eigenvalue weighted by Gasteiger charge is -2.21. The van der Waals surface area contributed by atoms with Gasteiger partial charge in [0, 0.05) is 13.1 Å². The second-order valence-electron chi connectivity index (χ2n) is 4.93. The Morgan fingerprint density at radius 3 is 2.76 bits per heavy atom. The van der Waals surface area contributed by atoms with E-state index in [1.54, 1.807) is 6.07 Å². The summed E-state index contributed by atoms with van der Waals surface area (Å²) in [5.74, 6) is 0.725. The standard InChI is InChI=1S/C14H19BrFN/c1-2-7-17(9-11-3-4-11)10-12-5-6-14(16)13(15)8-12/h5-6,8,11H,2-4,7,9-10H2,1H3. The molecule has 0 saturated heterocycles. The highest BCUT2D eigenvalue weighted by Gasteiger charge is 2.23. The maximum atomic E-state index is 13.1. The van der Waals surface area contributed by atoms with Crippen LogP contribution in [-0.4, -0.2) is 18.0 Å². The van der Waals surface area contributed by atoms with Gasteiger partial charge in [-0.25, -0.2) is 4.39 Å². The minimum Gasteiger partial charge on any atom is -0.299 e. The zero-order valence-electron chi connectivity index (χ0n) is 10.3.